The van der Waals surface area contributed by atoms with Crippen molar-refractivity contribution in [3.05, 3.63) is 35.9 Å². The Hall–Kier alpha value is -8.10. The van der Waals surface area contributed by atoms with Crippen LogP contribution in [0, 0.1) is 5.92 Å². The van der Waals surface area contributed by atoms with Gasteiger partial charge >= 0.3 is 21.4 Å². The standard InChI is InChI=1S/C49H81N15O24P2/c1-23(2)39(49(81)62-29(16-26-10-6-5-7-11-26)44(76)63-33(22-66)48(80)58-27(40(53)72)12-8-9-15-50)64-46(78)30(17-34(52)67)60-45(77)31(18-38(89(82,83)84)88-90(85,86)87)61-47(79)32(21-65)57-36(69)20-54-35(68)19-55-43(75)28(13-14-37(70)71)59-42(74)25(4)56-41(73)24(3)51/h5-7,10-11,23-25,27-33,38-39,65-66H,8-9,12-22,50-51H2,1-4H3,(H2,52,67)(H2,53,72)(H,54,68)(H,55,75)(H,56,73)(H,57,69)(H,58,80)(H,59,74)(H,60,77)(H,61,79)(H,62,81)(H,63,76)(H,64,78)(H,70,71)(H2,82,83,84)(H2,85,86,87)/t24-,25-,27-,28-,29-,30-,31-,32-,33-,38?,39-/m0/s1. The maximum absolute atomic E-state index is 14.1. The highest BCUT2D eigenvalue weighted by Crippen LogP contribution is 2.52. The fourth-order valence-electron chi connectivity index (χ4n) is 7.63. The number of aliphatic hydroxyl groups is 2. The molecule has 0 saturated carbocycles. The number of carbonyl (C=O) groups excluding carboxylic acids is 13. The molecule has 39 nitrogen and oxygen atoms in total. The van der Waals surface area contributed by atoms with E-state index in [1.54, 1.807) is 30.3 Å². The third-order valence-corrected chi connectivity index (χ3v) is 14.2. The van der Waals surface area contributed by atoms with Gasteiger partial charge in [0.25, 0.3) is 0 Å². The third kappa shape index (κ3) is 30.9. The van der Waals surface area contributed by atoms with Crippen molar-refractivity contribution in [3.8, 4) is 0 Å². The summed E-state index contributed by atoms with van der Waals surface area (Å²) in [5.41, 5.74) is 22.2. The number of unbranched alkanes of at least 4 members (excludes halogenated alkanes) is 1. The maximum atomic E-state index is 14.1. The molecule has 90 heavy (non-hydrogen) atoms. The van der Waals surface area contributed by atoms with Crippen LogP contribution in [0.1, 0.15) is 78.2 Å². The van der Waals surface area contributed by atoms with Gasteiger partial charge in [0.05, 0.1) is 38.8 Å². The highest BCUT2D eigenvalue weighted by atomic mass is 31.2. The van der Waals surface area contributed by atoms with Gasteiger partial charge in [0, 0.05) is 19.3 Å². The molecule has 1 rings (SSSR count). The Morgan fingerprint density at radius 1 is 0.544 bits per heavy atom. The van der Waals surface area contributed by atoms with Crippen LogP contribution in [0.4, 0.5) is 0 Å². The van der Waals surface area contributed by atoms with E-state index in [1.807, 2.05) is 21.3 Å². The topological polar surface area (TPSA) is 660 Å². The molecule has 0 heterocycles. The Morgan fingerprint density at radius 3 is 1.56 bits per heavy atom. The summed E-state index contributed by atoms with van der Waals surface area (Å²) in [4.78, 5) is 221. The minimum absolute atomic E-state index is 0.0669. The number of rotatable bonds is 42. The van der Waals surface area contributed by atoms with Crippen LogP contribution in [0.15, 0.2) is 30.3 Å². The van der Waals surface area contributed by atoms with Crippen LogP contribution in [0.2, 0.25) is 0 Å². The van der Waals surface area contributed by atoms with E-state index in [4.69, 9.17) is 28.0 Å². The molecule has 13 amide bonds. The van der Waals surface area contributed by atoms with Crippen LogP contribution in [0.5, 0.6) is 0 Å². The summed E-state index contributed by atoms with van der Waals surface area (Å²) in [5, 5.41) is 53.1. The molecule has 41 heteroatoms. The summed E-state index contributed by atoms with van der Waals surface area (Å²) in [6.45, 7) is 1.25. The fraction of sp³-hybridized carbons (Fsp3) is 0.592. The molecule has 1 aromatic rings. The molecule has 506 valence electrons. The molecule has 0 bridgehead atoms. The molecule has 26 N–H and O–H groups in total. The van der Waals surface area contributed by atoms with Crippen LogP contribution >= 0.6 is 15.4 Å². The number of phosphoric acid groups is 1. The van der Waals surface area contributed by atoms with Crippen LogP contribution in [-0.4, -0.2) is 217 Å². The number of carbonyl (C=O) groups is 14. The first-order valence-corrected chi connectivity index (χ1v) is 30.6. The number of hydrogen-bond acceptors (Lipinski definition) is 21. The van der Waals surface area contributed by atoms with Gasteiger partial charge in [-0.3, -0.25) is 76.2 Å². The summed E-state index contributed by atoms with van der Waals surface area (Å²) in [5.74, 6) is -20.7. The first-order valence-electron chi connectivity index (χ1n) is 27.4. The van der Waals surface area contributed by atoms with E-state index in [2.05, 4.69) is 41.7 Å². The van der Waals surface area contributed by atoms with Crippen LogP contribution in [0.25, 0.3) is 0 Å². The number of nitrogens with one attached hydrogen (secondary N) is 11. The summed E-state index contributed by atoms with van der Waals surface area (Å²) in [7, 11) is -11.8. The molecule has 0 fully saturated rings. The molecule has 0 radical (unpaired) electrons. The number of aliphatic hydroxyl groups excluding tert-OH is 2. The van der Waals surface area contributed by atoms with E-state index in [0.29, 0.717) is 18.4 Å². The van der Waals surface area contributed by atoms with Gasteiger partial charge in [-0.05, 0) is 57.6 Å². The third-order valence-electron chi connectivity index (χ3n) is 12.5. The first kappa shape index (κ1) is 79.9. The molecule has 0 aliphatic heterocycles. The van der Waals surface area contributed by atoms with E-state index in [-0.39, 0.29) is 19.4 Å². The lowest BCUT2D eigenvalue weighted by molar-refractivity contribution is -0.138. The number of benzene rings is 1. The Morgan fingerprint density at radius 2 is 1.04 bits per heavy atom. The molecular weight excluding hydrogens is 1240 g/mol. The van der Waals surface area contributed by atoms with Crippen molar-refractivity contribution in [3.63, 3.8) is 0 Å². The normalized spacial score (nSPS) is 15.1. The van der Waals surface area contributed by atoms with Gasteiger partial charge in [-0.25, -0.2) is 4.57 Å². The average Bonchev–Trinajstić information content (AvgIpc) is 1.68. The minimum Gasteiger partial charge on any atom is -0.481 e. The van der Waals surface area contributed by atoms with E-state index in [0.717, 1.165) is 0 Å². The Kier molecular flexibility index (Phi) is 34.7. The Balaban J connectivity index is 3.48. The smallest absolute Gasteiger partial charge is 0.470 e. The van der Waals surface area contributed by atoms with Crippen molar-refractivity contribution in [2.45, 2.75) is 145 Å². The van der Waals surface area contributed by atoms with Crippen LogP contribution in [0.3, 0.4) is 0 Å². The Labute approximate surface area is 513 Å². The van der Waals surface area contributed by atoms with Gasteiger partial charge in [0.15, 0.2) is 5.85 Å². The quantitative estimate of drug-likeness (QED) is 0.0213. The summed E-state index contributed by atoms with van der Waals surface area (Å²) in [6, 6.07) is -9.08. The number of carboxylic acids is 1. The lowest BCUT2D eigenvalue weighted by atomic mass is 10.00. The summed E-state index contributed by atoms with van der Waals surface area (Å²) >= 11 is 0. The van der Waals surface area contributed by atoms with Crippen molar-refractivity contribution >= 4 is 98.2 Å². The molecule has 0 aliphatic rings. The van der Waals surface area contributed by atoms with Gasteiger partial charge in [-0.1, -0.05) is 44.2 Å². The van der Waals surface area contributed by atoms with Crippen molar-refractivity contribution < 1.29 is 116 Å². The number of amides is 13. The van der Waals surface area contributed by atoms with Crippen LogP contribution < -0.4 is 81.4 Å². The van der Waals surface area contributed by atoms with Crippen molar-refractivity contribution in [2.75, 3.05) is 32.8 Å². The molecule has 0 aliphatic carbocycles. The molecule has 1 aromatic carbocycles. The Bertz CT molecular complexity index is 2790. The largest absolute Gasteiger partial charge is 0.481 e. The first-order chi connectivity index (χ1) is 41.8. The lowest BCUT2D eigenvalue weighted by Crippen LogP contribution is -2.62. The number of phosphoric ester groups is 1. The fourth-order valence-corrected chi connectivity index (χ4v) is 9.38. The predicted molar refractivity (Wildman–Crippen MR) is 308 cm³/mol. The lowest BCUT2D eigenvalue weighted by Gasteiger charge is -2.29. The second-order valence-electron chi connectivity index (χ2n) is 20.5. The zero-order valence-corrected chi connectivity index (χ0v) is 51.1. The molecule has 0 aromatic heterocycles. The summed E-state index contributed by atoms with van der Waals surface area (Å²) in [6.07, 6.45) is -3.28. The molecule has 0 saturated heterocycles. The summed E-state index contributed by atoms with van der Waals surface area (Å²) < 4.78 is 28.5. The number of carboxylic acid groups (broad SMARTS) is 1. The van der Waals surface area contributed by atoms with Gasteiger partial charge in [0.1, 0.15) is 54.4 Å². The average molecular weight is 1330 g/mol. The second-order valence-corrected chi connectivity index (χ2v) is 23.4. The molecule has 1 unspecified atom stereocenters. The van der Waals surface area contributed by atoms with E-state index in [1.165, 1.54) is 27.7 Å². The van der Waals surface area contributed by atoms with Crippen molar-refractivity contribution in [1.29, 1.82) is 0 Å². The zero-order valence-electron chi connectivity index (χ0n) is 49.3. The second kappa shape index (κ2) is 39.1. The van der Waals surface area contributed by atoms with Gasteiger partial charge in [-0.15, -0.1) is 0 Å². The highest BCUT2D eigenvalue weighted by Gasteiger charge is 2.42. The predicted octanol–water partition coefficient (Wildman–Crippen LogP) is -9.81. The molecule has 0 spiro atoms. The van der Waals surface area contributed by atoms with Crippen LogP contribution in [-0.2, 0) is 87.2 Å². The van der Waals surface area contributed by atoms with Gasteiger partial charge in [0.2, 0.25) is 76.8 Å². The number of primary amides is 2. The van der Waals surface area contributed by atoms with Crippen molar-refractivity contribution in [1.82, 2.24) is 58.5 Å². The molecule has 11 atom stereocenters. The van der Waals surface area contributed by atoms with Gasteiger partial charge in [-0.2, -0.15) is 0 Å². The number of hydrogen-bond donors (Lipinski definition) is 22. The number of aliphatic carboxylic acids is 1. The van der Waals surface area contributed by atoms with Gasteiger partial charge < -0.3 is 116 Å². The SMILES string of the molecule is CC(C)[C@H](NC(=O)[C@H](CC(N)=O)NC(=O)[C@H](CC(OP(=O)(O)O)P(=O)(O)O)NC(=O)[C@H](CO)NC(=O)CNC(=O)CNC(=O)[C@H](CCC(=O)O)NC(=O)[C@H](C)NC(=O)[C@H](C)N)C(=O)N[C@@H](Cc1ccccc1)C(=O)N[C@@H](CO)C(=O)N[C@@H](CCCCN)C(N)=O. The number of nitrogens with two attached hydrogens (primary N) is 4. The minimum atomic E-state index is -5.88. The maximum Gasteiger partial charge on any atom is 0.470 e. The molecular formula is C49H81N15O24P2. The zero-order chi connectivity index (χ0) is 68.8. The van der Waals surface area contributed by atoms with Crippen molar-refractivity contribution in [2.24, 2.45) is 28.9 Å². The monoisotopic (exact) mass is 1330 g/mol. The highest BCUT2D eigenvalue weighted by molar-refractivity contribution is 7.53. The van der Waals surface area contributed by atoms with E-state index in [9.17, 15) is 106 Å². The van der Waals surface area contributed by atoms with E-state index >= 15 is 0 Å². The van der Waals surface area contributed by atoms with E-state index < -0.39 is 222 Å².